The number of hydrogen-bond donors (Lipinski definition) is 1. The van der Waals surface area contributed by atoms with Gasteiger partial charge in [0.25, 0.3) is 0 Å². The summed E-state index contributed by atoms with van der Waals surface area (Å²) in [6.07, 6.45) is 8.47. The quantitative estimate of drug-likeness (QED) is 0.837. The third-order valence-electron chi connectivity index (χ3n) is 6.77. The van der Waals surface area contributed by atoms with Gasteiger partial charge in [0, 0.05) is 36.8 Å². The second kappa shape index (κ2) is 5.94. The van der Waals surface area contributed by atoms with Crippen LogP contribution in [0.1, 0.15) is 52.4 Å². The lowest BCUT2D eigenvalue weighted by molar-refractivity contribution is -0.0289. The van der Waals surface area contributed by atoms with Gasteiger partial charge in [-0.25, -0.2) is 0 Å². The van der Waals surface area contributed by atoms with Gasteiger partial charge in [-0.1, -0.05) is 13.3 Å². The number of fused-ring (bicyclic) bond motifs is 2. The predicted octanol–water partition coefficient (Wildman–Crippen LogP) is 2.32. The van der Waals surface area contributed by atoms with Crippen molar-refractivity contribution in [2.45, 2.75) is 82.6 Å². The van der Waals surface area contributed by atoms with Crippen molar-refractivity contribution in [1.82, 2.24) is 15.1 Å². The molecule has 3 rings (SSSR count). The number of piperidine rings is 3. The van der Waals surface area contributed by atoms with Crippen molar-refractivity contribution in [3.63, 3.8) is 0 Å². The van der Waals surface area contributed by atoms with Gasteiger partial charge in [0.15, 0.2) is 0 Å². The largest absolute Gasteiger partial charge is 0.317 e. The average Bonchev–Trinajstić information content (AvgIpc) is 2.42. The molecule has 2 bridgehead atoms. The fraction of sp³-hybridized carbons (Fsp3) is 1.00. The zero-order valence-corrected chi connectivity index (χ0v) is 13.8. The van der Waals surface area contributed by atoms with Gasteiger partial charge in [0.2, 0.25) is 0 Å². The highest BCUT2D eigenvalue weighted by Gasteiger charge is 2.42. The van der Waals surface area contributed by atoms with Crippen LogP contribution in [0.25, 0.3) is 0 Å². The van der Waals surface area contributed by atoms with E-state index in [1.54, 1.807) is 0 Å². The third kappa shape index (κ3) is 2.53. The van der Waals surface area contributed by atoms with Crippen molar-refractivity contribution in [2.75, 3.05) is 20.6 Å². The van der Waals surface area contributed by atoms with Gasteiger partial charge in [0.05, 0.1) is 0 Å². The summed E-state index contributed by atoms with van der Waals surface area (Å²) in [5, 5.41) is 3.52. The second-order valence-electron chi connectivity index (χ2n) is 7.55. The monoisotopic (exact) mass is 279 g/mol. The number of hydrogen-bond acceptors (Lipinski definition) is 3. The van der Waals surface area contributed by atoms with Gasteiger partial charge in [0.1, 0.15) is 0 Å². The van der Waals surface area contributed by atoms with Crippen LogP contribution in [-0.4, -0.2) is 60.6 Å². The lowest BCUT2D eigenvalue weighted by Crippen LogP contribution is -2.61. The highest BCUT2D eigenvalue weighted by atomic mass is 15.3. The normalized spacial score (nSPS) is 47.4. The Morgan fingerprint density at radius 3 is 2.20 bits per heavy atom. The summed E-state index contributed by atoms with van der Waals surface area (Å²) in [7, 11) is 4.49. The van der Waals surface area contributed by atoms with E-state index in [-0.39, 0.29) is 0 Å². The van der Waals surface area contributed by atoms with Gasteiger partial charge in [-0.15, -0.1) is 0 Å². The molecule has 116 valence electrons. The number of nitrogens with one attached hydrogen (secondary N) is 1. The van der Waals surface area contributed by atoms with E-state index in [4.69, 9.17) is 0 Å². The van der Waals surface area contributed by atoms with Crippen LogP contribution in [0.15, 0.2) is 0 Å². The Hall–Kier alpha value is -0.120. The van der Waals surface area contributed by atoms with Crippen LogP contribution in [0.2, 0.25) is 0 Å². The molecule has 3 heterocycles. The molecule has 0 spiro atoms. The molecule has 3 aliphatic rings. The molecule has 20 heavy (non-hydrogen) atoms. The Balaban J connectivity index is 1.68. The van der Waals surface area contributed by atoms with Crippen molar-refractivity contribution < 1.29 is 0 Å². The maximum absolute atomic E-state index is 3.52. The van der Waals surface area contributed by atoms with E-state index in [2.05, 4.69) is 43.1 Å². The molecule has 0 aromatic heterocycles. The molecule has 0 aromatic rings. The average molecular weight is 279 g/mol. The molecule has 0 aromatic carbocycles. The minimum absolute atomic E-state index is 0.715. The zero-order chi connectivity index (χ0) is 14.3. The van der Waals surface area contributed by atoms with Crippen molar-refractivity contribution >= 4 is 0 Å². The van der Waals surface area contributed by atoms with E-state index >= 15 is 0 Å². The molecule has 5 atom stereocenters. The predicted molar refractivity (Wildman–Crippen MR) is 85.0 cm³/mol. The summed E-state index contributed by atoms with van der Waals surface area (Å²) in [5.74, 6) is 0.772. The number of nitrogens with zero attached hydrogens (tertiary/aromatic N) is 2. The van der Waals surface area contributed by atoms with Gasteiger partial charge in [-0.2, -0.15) is 0 Å². The van der Waals surface area contributed by atoms with E-state index in [1.807, 2.05) is 0 Å². The van der Waals surface area contributed by atoms with E-state index < -0.39 is 0 Å². The Bertz CT molecular complexity index is 318. The van der Waals surface area contributed by atoms with Gasteiger partial charge < -0.3 is 10.2 Å². The van der Waals surface area contributed by atoms with E-state index in [0.717, 1.165) is 30.1 Å². The molecule has 3 nitrogen and oxygen atoms in total. The molecule has 3 heteroatoms. The van der Waals surface area contributed by atoms with Crippen LogP contribution in [0.5, 0.6) is 0 Å². The first kappa shape index (κ1) is 14.8. The maximum atomic E-state index is 3.52. The Morgan fingerprint density at radius 2 is 1.60 bits per heavy atom. The second-order valence-corrected chi connectivity index (χ2v) is 7.55. The summed E-state index contributed by atoms with van der Waals surface area (Å²) in [4.78, 5) is 5.55. The highest BCUT2D eigenvalue weighted by molar-refractivity contribution is 4.98. The molecule has 3 fully saturated rings. The molecule has 0 radical (unpaired) electrons. The Kier molecular flexibility index (Phi) is 4.40. The standard InChI is InChI=1S/C17H33N3/c1-12-13(2)20(9-8-17(12)18-3)16-10-14-6-5-7-15(11-16)19(14)4/h12-18H,5-11H2,1-4H3. The lowest BCUT2D eigenvalue weighted by Gasteiger charge is -2.53. The SMILES string of the molecule is CNC1CCN(C2CC3CCCC(C2)N3C)C(C)C1C. The first-order chi connectivity index (χ1) is 9.61. The summed E-state index contributed by atoms with van der Waals surface area (Å²) < 4.78 is 0. The zero-order valence-electron chi connectivity index (χ0n) is 13.8. The molecule has 0 saturated carbocycles. The number of likely N-dealkylation sites (tertiary alicyclic amines) is 1. The summed E-state index contributed by atoms with van der Waals surface area (Å²) in [6.45, 7) is 6.20. The van der Waals surface area contributed by atoms with Gasteiger partial charge >= 0.3 is 0 Å². The lowest BCUT2D eigenvalue weighted by atomic mass is 9.79. The minimum Gasteiger partial charge on any atom is -0.317 e. The minimum atomic E-state index is 0.715. The summed E-state index contributed by atoms with van der Waals surface area (Å²) >= 11 is 0. The Labute approximate surface area is 125 Å². The molecular weight excluding hydrogens is 246 g/mol. The molecular formula is C17H33N3. The van der Waals surface area contributed by atoms with Crippen molar-refractivity contribution in [1.29, 1.82) is 0 Å². The topological polar surface area (TPSA) is 18.5 Å². The van der Waals surface area contributed by atoms with Crippen molar-refractivity contribution in [2.24, 2.45) is 5.92 Å². The first-order valence-corrected chi connectivity index (χ1v) is 8.76. The smallest absolute Gasteiger partial charge is 0.0128 e. The number of rotatable bonds is 2. The fourth-order valence-electron chi connectivity index (χ4n) is 5.17. The molecule has 5 unspecified atom stereocenters. The van der Waals surface area contributed by atoms with Crippen LogP contribution in [-0.2, 0) is 0 Å². The van der Waals surface area contributed by atoms with Crippen LogP contribution >= 0.6 is 0 Å². The van der Waals surface area contributed by atoms with Crippen LogP contribution in [0.4, 0.5) is 0 Å². The van der Waals surface area contributed by atoms with E-state index in [9.17, 15) is 0 Å². The molecule has 1 N–H and O–H groups in total. The summed E-state index contributed by atoms with van der Waals surface area (Å²) in [5.41, 5.74) is 0. The van der Waals surface area contributed by atoms with E-state index in [0.29, 0.717) is 6.04 Å². The summed E-state index contributed by atoms with van der Waals surface area (Å²) in [6, 6.07) is 4.01. The van der Waals surface area contributed by atoms with Crippen molar-refractivity contribution in [3.05, 3.63) is 0 Å². The van der Waals surface area contributed by atoms with Crippen LogP contribution in [0.3, 0.4) is 0 Å². The Morgan fingerprint density at radius 1 is 0.950 bits per heavy atom. The molecule has 0 aliphatic carbocycles. The van der Waals surface area contributed by atoms with Crippen molar-refractivity contribution in [3.8, 4) is 0 Å². The van der Waals surface area contributed by atoms with Crippen LogP contribution < -0.4 is 5.32 Å². The van der Waals surface area contributed by atoms with Crippen LogP contribution in [0, 0.1) is 5.92 Å². The maximum Gasteiger partial charge on any atom is 0.0128 e. The van der Waals surface area contributed by atoms with Gasteiger partial charge in [-0.3, -0.25) is 4.90 Å². The molecule has 3 aliphatic heterocycles. The molecule has 3 saturated heterocycles. The van der Waals surface area contributed by atoms with Gasteiger partial charge in [-0.05, 0) is 59.0 Å². The van der Waals surface area contributed by atoms with E-state index in [1.165, 1.54) is 45.1 Å². The third-order valence-corrected chi connectivity index (χ3v) is 6.77. The first-order valence-electron chi connectivity index (χ1n) is 8.76. The highest BCUT2D eigenvalue weighted by Crippen LogP contribution is 2.37. The molecule has 0 amide bonds. The fourth-order valence-corrected chi connectivity index (χ4v) is 5.17.